The molecule has 0 saturated heterocycles. The molecule has 1 amide bonds. The number of anilines is 1. The third-order valence-corrected chi connectivity index (χ3v) is 4.11. The van der Waals surface area contributed by atoms with Crippen molar-refractivity contribution in [1.29, 1.82) is 0 Å². The first-order valence-electron chi connectivity index (χ1n) is 8.52. The van der Waals surface area contributed by atoms with Gasteiger partial charge in [0.2, 0.25) is 0 Å². The normalized spacial score (nSPS) is 11.8. The highest BCUT2D eigenvalue weighted by molar-refractivity contribution is 6.30. The van der Waals surface area contributed by atoms with Crippen LogP contribution < -0.4 is 10.9 Å². The molecule has 0 radical (unpaired) electrons. The van der Waals surface area contributed by atoms with Crippen LogP contribution in [0.5, 0.6) is 0 Å². The van der Waals surface area contributed by atoms with Crippen molar-refractivity contribution < 1.29 is 14.3 Å². The Bertz CT molecular complexity index is 1070. The zero-order chi connectivity index (χ0) is 20.1. The minimum absolute atomic E-state index is 0.0297. The summed E-state index contributed by atoms with van der Waals surface area (Å²) in [6.07, 6.45) is 0.545. The van der Waals surface area contributed by atoms with E-state index in [2.05, 4.69) is 20.3 Å². The number of aryl methyl sites for hydroxylation is 1. The average molecular weight is 401 g/mol. The summed E-state index contributed by atoms with van der Waals surface area (Å²) in [6.45, 7) is 1.46. The highest BCUT2D eigenvalue weighted by Gasteiger charge is 2.18. The fourth-order valence-electron chi connectivity index (χ4n) is 2.46. The molecule has 28 heavy (non-hydrogen) atoms. The van der Waals surface area contributed by atoms with E-state index in [0.29, 0.717) is 27.6 Å². The summed E-state index contributed by atoms with van der Waals surface area (Å²) in [5.41, 5.74) is 0.287. The van der Waals surface area contributed by atoms with Crippen molar-refractivity contribution in [1.82, 2.24) is 15.0 Å². The van der Waals surface area contributed by atoms with E-state index in [1.165, 1.54) is 19.2 Å². The van der Waals surface area contributed by atoms with Gasteiger partial charge in [0.25, 0.3) is 11.5 Å². The van der Waals surface area contributed by atoms with Gasteiger partial charge in [-0.05, 0) is 31.2 Å². The van der Waals surface area contributed by atoms with Crippen LogP contribution in [0, 0.1) is 0 Å². The lowest BCUT2D eigenvalue weighted by Gasteiger charge is -2.13. The zero-order valence-corrected chi connectivity index (χ0v) is 15.7. The number of nitrogens with zero attached hydrogens (tertiary/aromatic N) is 2. The molecule has 3 rings (SSSR count). The third-order valence-electron chi connectivity index (χ3n) is 3.88. The summed E-state index contributed by atoms with van der Waals surface area (Å²) in [4.78, 5) is 47.0. The molecule has 3 aromatic rings. The van der Waals surface area contributed by atoms with Crippen molar-refractivity contribution in [3.8, 4) is 0 Å². The van der Waals surface area contributed by atoms with Gasteiger partial charge in [-0.1, -0.05) is 23.7 Å². The minimum atomic E-state index is -1.01. The smallest absolute Gasteiger partial charge is 0.307 e. The fourth-order valence-corrected chi connectivity index (χ4v) is 2.57. The number of halogens is 1. The number of rotatable bonds is 6. The minimum Gasteiger partial charge on any atom is -0.453 e. The van der Waals surface area contributed by atoms with Gasteiger partial charge in [0.15, 0.2) is 6.10 Å². The number of aromatic nitrogens is 3. The molecule has 1 atom stereocenters. The molecule has 0 aliphatic heterocycles. The molecule has 0 unspecified atom stereocenters. The summed E-state index contributed by atoms with van der Waals surface area (Å²) in [5.74, 6) is -0.415. The molecule has 2 N–H and O–H groups in total. The Kier molecular flexibility index (Phi) is 6.00. The van der Waals surface area contributed by atoms with E-state index in [1.807, 2.05) is 0 Å². The van der Waals surface area contributed by atoms with E-state index in [1.54, 1.807) is 30.3 Å². The van der Waals surface area contributed by atoms with E-state index < -0.39 is 18.0 Å². The molecule has 0 aliphatic carbocycles. The summed E-state index contributed by atoms with van der Waals surface area (Å²) in [5, 5.41) is 3.45. The second-order valence-corrected chi connectivity index (χ2v) is 6.45. The van der Waals surface area contributed by atoms with Crippen LogP contribution in [0.3, 0.4) is 0 Å². The monoisotopic (exact) mass is 400 g/mol. The third kappa shape index (κ3) is 4.92. The van der Waals surface area contributed by atoms with Crippen LogP contribution in [0.15, 0.2) is 47.4 Å². The number of aromatic amines is 1. The number of hydrogen-bond donors (Lipinski definition) is 2. The number of para-hydroxylation sites is 1. The number of benzene rings is 1. The Morgan fingerprint density at radius 1 is 1.25 bits per heavy atom. The Morgan fingerprint density at radius 3 is 2.79 bits per heavy atom. The van der Waals surface area contributed by atoms with Crippen molar-refractivity contribution in [3.63, 3.8) is 0 Å². The molecule has 0 aliphatic rings. The van der Waals surface area contributed by atoms with Crippen LogP contribution in [-0.2, 0) is 20.7 Å². The van der Waals surface area contributed by atoms with Crippen LogP contribution in [0.25, 0.3) is 10.9 Å². The highest BCUT2D eigenvalue weighted by Crippen LogP contribution is 2.11. The Morgan fingerprint density at radius 2 is 2.04 bits per heavy atom. The van der Waals surface area contributed by atoms with Gasteiger partial charge in [-0.15, -0.1) is 0 Å². The molecule has 0 bridgehead atoms. The van der Waals surface area contributed by atoms with Crippen LogP contribution >= 0.6 is 11.6 Å². The lowest BCUT2D eigenvalue weighted by Crippen LogP contribution is -2.30. The van der Waals surface area contributed by atoms with Gasteiger partial charge in [-0.3, -0.25) is 14.4 Å². The number of ether oxygens (including phenoxy) is 1. The van der Waals surface area contributed by atoms with Crippen LogP contribution in [0.2, 0.25) is 5.02 Å². The predicted octanol–water partition coefficient (Wildman–Crippen LogP) is 2.47. The number of nitrogens with one attached hydrogen (secondary N) is 2. The van der Waals surface area contributed by atoms with E-state index in [0.717, 1.165) is 0 Å². The van der Waals surface area contributed by atoms with E-state index in [4.69, 9.17) is 16.3 Å². The number of carbonyl (C=O) groups is 2. The fraction of sp³-hybridized carbons (Fsp3) is 0.211. The number of amides is 1. The van der Waals surface area contributed by atoms with E-state index >= 15 is 0 Å². The zero-order valence-electron chi connectivity index (χ0n) is 14.9. The quantitative estimate of drug-likeness (QED) is 0.614. The largest absolute Gasteiger partial charge is 0.453 e. The van der Waals surface area contributed by atoms with Gasteiger partial charge in [-0.2, -0.15) is 0 Å². The number of carbonyl (C=O) groups excluding carboxylic acids is 2. The number of hydrogen-bond acceptors (Lipinski definition) is 6. The van der Waals surface area contributed by atoms with E-state index in [-0.39, 0.29) is 18.4 Å². The van der Waals surface area contributed by atoms with Gasteiger partial charge in [-0.25, -0.2) is 9.97 Å². The topological polar surface area (TPSA) is 114 Å². The highest BCUT2D eigenvalue weighted by atomic mass is 35.5. The molecule has 9 heteroatoms. The van der Waals surface area contributed by atoms with Crippen LogP contribution in [0.1, 0.15) is 19.2 Å². The molecule has 2 heterocycles. The molecular weight excluding hydrogens is 384 g/mol. The first kappa shape index (κ1) is 19.5. The maximum absolute atomic E-state index is 12.1. The Labute approximate surface area is 164 Å². The SMILES string of the molecule is C[C@@H](OC(=O)CCc1nc2ccccc2c(=O)[nH]1)C(=O)Nc1ccc(Cl)cn1. The Balaban J connectivity index is 1.54. The van der Waals surface area contributed by atoms with Crippen molar-refractivity contribution in [2.75, 3.05) is 5.32 Å². The van der Waals surface area contributed by atoms with Gasteiger partial charge >= 0.3 is 5.97 Å². The molecule has 144 valence electrons. The summed E-state index contributed by atoms with van der Waals surface area (Å²) >= 11 is 5.74. The standard InChI is InChI=1S/C19H17ClN4O4/c1-11(18(26)23-15-7-6-12(20)10-21-15)28-17(25)9-8-16-22-14-5-3-2-4-13(14)19(27)24-16/h2-7,10-11H,8-9H2,1H3,(H,21,23,26)(H,22,24,27)/t11-/m1/s1. The number of H-pyrrole nitrogens is 1. The van der Waals surface area contributed by atoms with Gasteiger partial charge < -0.3 is 15.0 Å². The molecule has 2 aromatic heterocycles. The summed E-state index contributed by atoms with van der Waals surface area (Å²) in [6, 6.07) is 10.1. The number of fused-ring (bicyclic) bond motifs is 1. The van der Waals surface area contributed by atoms with Gasteiger partial charge in [0.05, 0.1) is 22.3 Å². The van der Waals surface area contributed by atoms with E-state index in [9.17, 15) is 14.4 Å². The molecule has 0 saturated carbocycles. The second-order valence-electron chi connectivity index (χ2n) is 6.01. The molecule has 1 aromatic carbocycles. The molecular formula is C19H17ClN4O4. The van der Waals surface area contributed by atoms with Crippen LogP contribution in [-0.4, -0.2) is 32.9 Å². The summed E-state index contributed by atoms with van der Waals surface area (Å²) in [7, 11) is 0. The molecule has 0 spiro atoms. The van der Waals surface area contributed by atoms with Crippen LogP contribution in [0.4, 0.5) is 5.82 Å². The summed E-state index contributed by atoms with van der Waals surface area (Å²) < 4.78 is 5.12. The number of esters is 1. The first-order valence-corrected chi connectivity index (χ1v) is 8.90. The lowest BCUT2D eigenvalue weighted by molar-refractivity contribution is -0.153. The maximum Gasteiger partial charge on any atom is 0.307 e. The first-order chi connectivity index (χ1) is 13.4. The van der Waals surface area contributed by atoms with Gasteiger partial charge in [0.1, 0.15) is 11.6 Å². The molecule has 0 fully saturated rings. The van der Waals surface area contributed by atoms with Crippen molar-refractivity contribution in [2.45, 2.75) is 25.9 Å². The van der Waals surface area contributed by atoms with Crippen molar-refractivity contribution >= 4 is 40.2 Å². The maximum atomic E-state index is 12.1. The second kappa shape index (κ2) is 8.62. The van der Waals surface area contributed by atoms with Crippen molar-refractivity contribution in [2.24, 2.45) is 0 Å². The predicted molar refractivity (Wildman–Crippen MR) is 104 cm³/mol. The average Bonchev–Trinajstić information content (AvgIpc) is 2.68. The lowest BCUT2D eigenvalue weighted by atomic mass is 10.2. The number of pyridine rings is 1. The van der Waals surface area contributed by atoms with Crippen molar-refractivity contribution in [3.05, 3.63) is 63.8 Å². The van der Waals surface area contributed by atoms with Gasteiger partial charge in [0, 0.05) is 12.6 Å². The molecule has 8 nitrogen and oxygen atoms in total. The Hall–Kier alpha value is -3.26.